The molecule has 3 rings (SSSR count). The third-order valence-electron chi connectivity index (χ3n) is 4.09. The first-order chi connectivity index (χ1) is 13.4. The lowest BCUT2D eigenvalue weighted by Crippen LogP contribution is -2.38. The minimum atomic E-state index is -0.886. The Bertz CT molecular complexity index is 895. The summed E-state index contributed by atoms with van der Waals surface area (Å²) in [6.07, 6.45) is 0.652. The number of hydrogen-bond donors (Lipinski definition) is 2. The van der Waals surface area contributed by atoms with Crippen LogP contribution >= 0.6 is 11.3 Å². The van der Waals surface area contributed by atoms with E-state index < -0.39 is 6.10 Å². The maximum absolute atomic E-state index is 13.1. The van der Waals surface area contributed by atoms with Crippen LogP contribution in [0.25, 0.3) is 10.8 Å². The maximum Gasteiger partial charge on any atom is 0.228 e. The highest BCUT2D eigenvalue weighted by atomic mass is 32.1. The predicted octanol–water partition coefficient (Wildman–Crippen LogP) is 2.83. The van der Waals surface area contributed by atoms with Crippen LogP contribution in [0.2, 0.25) is 0 Å². The van der Waals surface area contributed by atoms with Gasteiger partial charge in [-0.1, -0.05) is 26.0 Å². The summed E-state index contributed by atoms with van der Waals surface area (Å²) in [4.78, 5) is 23.0. The number of benzene rings is 1. The third-order valence-corrected chi connectivity index (χ3v) is 4.99. The quantitative estimate of drug-likeness (QED) is 0.603. The first-order valence-corrected chi connectivity index (χ1v) is 9.81. The van der Waals surface area contributed by atoms with Crippen molar-refractivity contribution in [2.24, 2.45) is 5.92 Å². The minimum Gasteiger partial charge on any atom is -0.387 e. The molecule has 1 atom stereocenters. The molecule has 3 aromatic rings. The van der Waals surface area contributed by atoms with Crippen molar-refractivity contribution in [2.45, 2.75) is 26.4 Å². The Kier molecular flexibility index (Phi) is 6.48. The number of rotatable bonds is 8. The summed E-state index contributed by atoms with van der Waals surface area (Å²) in [5.41, 5.74) is 1.22. The monoisotopic (exact) mass is 403 g/mol. The fourth-order valence-electron chi connectivity index (χ4n) is 2.79. The predicted molar refractivity (Wildman–Crippen MR) is 104 cm³/mol. The molecule has 0 saturated carbocycles. The molecule has 28 heavy (non-hydrogen) atoms. The van der Waals surface area contributed by atoms with E-state index in [1.807, 2.05) is 19.2 Å². The van der Waals surface area contributed by atoms with Crippen LogP contribution in [-0.2, 0) is 11.2 Å². The number of nitrogens with one attached hydrogen (secondary N) is 1. The van der Waals surface area contributed by atoms with Gasteiger partial charge in [-0.15, -0.1) is 11.3 Å². The van der Waals surface area contributed by atoms with Crippen LogP contribution in [0.4, 0.5) is 4.39 Å². The number of halogens is 1. The van der Waals surface area contributed by atoms with Crippen LogP contribution in [0.15, 0.2) is 36.0 Å². The van der Waals surface area contributed by atoms with E-state index in [2.05, 4.69) is 20.2 Å². The first-order valence-electron chi connectivity index (χ1n) is 8.94. The average Bonchev–Trinajstić information content (AvgIpc) is 3.32. The van der Waals surface area contributed by atoms with Crippen molar-refractivity contribution in [3.63, 3.8) is 0 Å². The molecular weight excluding hydrogens is 381 g/mol. The normalized spacial score (nSPS) is 12.3. The average molecular weight is 403 g/mol. The Labute approximate surface area is 166 Å². The number of carbonyl (C=O) groups is 1. The number of aromatic amines is 1. The molecule has 1 aromatic carbocycles. The molecule has 0 aliphatic heterocycles. The molecule has 9 heteroatoms. The number of nitrogens with zero attached hydrogens (tertiary/aromatic N) is 4. The van der Waals surface area contributed by atoms with Gasteiger partial charge in [-0.25, -0.2) is 14.4 Å². The fraction of sp³-hybridized carbons (Fsp3) is 0.368. The summed E-state index contributed by atoms with van der Waals surface area (Å²) < 4.78 is 13.1. The van der Waals surface area contributed by atoms with Gasteiger partial charge in [0.15, 0.2) is 10.8 Å². The highest BCUT2D eigenvalue weighted by molar-refractivity contribution is 7.13. The van der Waals surface area contributed by atoms with Crippen LogP contribution < -0.4 is 0 Å². The molecule has 7 nitrogen and oxygen atoms in total. The van der Waals surface area contributed by atoms with E-state index >= 15 is 0 Å². The Balaban J connectivity index is 1.68. The summed E-state index contributed by atoms with van der Waals surface area (Å²) in [6.45, 7) is 4.67. The lowest BCUT2D eigenvalue weighted by Gasteiger charge is -2.27. The molecule has 0 aliphatic carbocycles. The molecule has 0 fully saturated rings. The Hall–Kier alpha value is -2.65. The molecule has 0 bridgehead atoms. The summed E-state index contributed by atoms with van der Waals surface area (Å²) in [5.74, 6) is 0.320. The molecule has 148 valence electrons. The summed E-state index contributed by atoms with van der Waals surface area (Å²) in [5, 5.41) is 19.5. The number of carbonyl (C=O) groups excluding carboxylic acids is 1. The lowest BCUT2D eigenvalue weighted by atomic mass is 10.1. The third kappa shape index (κ3) is 5.20. The number of aliphatic hydroxyl groups excluding tert-OH is 1. The van der Waals surface area contributed by atoms with Crippen molar-refractivity contribution in [2.75, 3.05) is 13.1 Å². The van der Waals surface area contributed by atoms with E-state index in [1.54, 1.807) is 4.90 Å². The largest absolute Gasteiger partial charge is 0.387 e. The second kappa shape index (κ2) is 9.03. The number of aliphatic hydroxyl groups is 1. The molecule has 2 heterocycles. The van der Waals surface area contributed by atoms with E-state index in [0.29, 0.717) is 28.6 Å². The fourth-order valence-corrected chi connectivity index (χ4v) is 3.55. The molecule has 1 amide bonds. The van der Waals surface area contributed by atoms with Gasteiger partial charge in [0.05, 0.1) is 24.8 Å². The second-order valence-corrected chi connectivity index (χ2v) is 7.77. The van der Waals surface area contributed by atoms with Gasteiger partial charge in [0, 0.05) is 11.9 Å². The highest BCUT2D eigenvalue weighted by Gasteiger charge is 2.21. The van der Waals surface area contributed by atoms with E-state index in [4.69, 9.17) is 0 Å². The van der Waals surface area contributed by atoms with Crippen molar-refractivity contribution in [3.05, 3.63) is 53.0 Å². The van der Waals surface area contributed by atoms with E-state index in [9.17, 15) is 14.3 Å². The lowest BCUT2D eigenvalue weighted by molar-refractivity contribution is -0.132. The zero-order valence-corrected chi connectivity index (χ0v) is 16.5. The van der Waals surface area contributed by atoms with Gasteiger partial charge in [-0.05, 0) is 23.6 Å². The standard InChI is InChI=1S/C19H22FN5O2S/c1-12(2)8-25(9-16(26)13-3-5-14(20)6-4-13)17(27)7-15-10-28-19(23-15)18-21-11-22-24-18/h3-6,10-12,16,26H,7-9H2,1-2H3,(H,21,22,24)/t16-/m0/s1. The molecule has 0 radical (unpaired) electrons. The minimum absolute atomic E-state index is 0.121. The van der Waals surface area contributed by atoms with Gasteiger partial charge in [0.25, 0.3) is 0 Å². The van der Waals surface area contributed by atoms with Gasteiger partial charge in [-0.2, -0.15) is 5.10 Å². The van der Waals surface area contributed by atoms with Crippen LogP contribution in [0.5, 0.6) is 0 Å². The molecule has 0 aliphatic rings. The zero-order chi connectivity index (χ0) is 20.1. The molecule has 0 unspecified atom stereocenters. The van der Waals surface area contributed by atoms with Crippen molar-refractivity contribution < 1.29 is 14.3 Å². The number of hydrogen-bond acceptors (Lipinski definition) is 6. The molecular formula is C19H22FN5O2S. The van der Waals surface area contributed by atoms with Crippen molar-refractivity contribution in [3.8, 4) is 10.8 Å². The molecule has 0 spiro atoms. The van der Waals surface area contributed by atoms with Crippen molar-refractivity contribution >= 4 is 17.2 Å². The van der Waals surface area contributed by atoms with Crippen LogP contribution in [0.3, 0.4) is 0 Å². The van der Waals surface area contributed by atoms with E-state index in [0.717, 1.165) is 0 Å². The number of thiazole rings is 1. The summed E-state index contributed by atoms with van der Waals surface area (Å²) in [6, 6.07) is 5.66. The van der Waals surface area contributed by atoms with Gasteiger partial charge < -0.3 is 10.0 Å². The second-order valence-electron chi connectivity index (χ2n) is 6.91. The number of H-pyrrole nitrogens is 1. The first kappa shape index (κ1) is 20.1. The van der Waals surface area contributed by atoms with E-state index in [1.165, 1.54) is 41.9 Å². The van der Waals surface area contributed by atoms with Crippen LogP contribution in [0.1, 0.15) is 31.2 Å². The smallest absolute Gasteiger partial charge is 0.228 e. The van der Waals surface area contributed by atoms with Gasteiger partial charge in [0.2, 0.25) is 5.91 Å². The van der Waals surface area contributed by atoms with Crippen LogP contribution in [-0.4, -0.2) is 49.2 Å². The van der Waals surface area contributed by atoms with Gasteiger partial charge in [-0.3, -0.25) is 9.89 Å². The van der Waals surface area contributed by atoms with E-state index in [-0.39, 0.29) is 30.6 Å². The number of aromatic nitrogens is 4. The Morgan fingerprint density at radius 1 is 1.29 bits per heavy atom. The molecule has 2 N–H and O–H groups in total. The maximum atomic E-state index is 13.1. The van der Waals surface area contributed by atoms with Gasteiger partial charge >= 0.3 is 0 Å². The topological polar surface area (TPSA) is 95.0 Å². The molecule has 2 aromatic heterocycles. The van der Waals surface area contributed by atoms with Gasteiger partial charge in [0.1, 0.15) is 12.1 Å². The summed E-state index contributed by atoms with van der Waals surface area (Å²) >= 11 is 1.39. The van der Waals surface area contributed by atoms with Crippen molar-refractivity contribution in [1.29, 1.82) is 0 Å². The summed E-state index contributed by atoms with van der Waals surface area (Å²) in [7, 11) is 0. The number of amides is 1. The van der Waals surface area contributed by atoms with Crippen molar-refractivity contribution in [1.82, 2.24) is 25.1 Å². The molecule has 0 saturated heterocycles. The highest BCUT2D eigenvalue weighted by Crippen LogP contribution is 2.21. The Morgan fingerprint density at radius 3 is 2.68 bits per heavy atom. The van der Waals surface area contributed by atoms with Crippen LogP contribution in [0, 0.1) is 11.7 Å². The SMILES string of the molecule is CC(C)CN(C[C@H](O)c1ccc(F)cc1)C(=O)Cc1csc(-c2ncn[nH]2)n1. The Morgan fingerprint density at radius 2 is 2.04 bits per heavy atom. The zero-order valence-electron chi connectivity index (χ0n) is 15.7.